The van der Waals surface area contributed by atoms with E-state index in [2.05, 4.69) is 27.4 Å². The van der Waals surface area contributed by atoms with Crippen LogP contribution < -0.4 is 0 Å². The summed E-state index contributed by atoms with van der Waals surface area (Å²) in [5.41, 5.74) is 0.875. The van der Waals surface area contributed by atoms with E-state index in [1.165, 1.54) is 19.3 Å². The van der Waals surface area contributed by atoms with Crippen molar-refractivity contribution in [2.45, 2.75) is 46.1 Å². The van der Waals surface area contributed by atoms with Gasteiger partial charge in [-0.05, 0) is 36.0 Å². The van der Waals surface area contributed by atoms with Gasteiger partial charge in [-0.1, -0.05) is 26.8 Å². The molecule has 0 aromatic carbocycles. The maximum atomic E-state index is 5.91. The lowest BCUT2D eigenvalue weighted by atomic mass is 9.70. The van der Waals surface area contributed by atoms with Crippen molar-refractivity contribution in [3.8, 4) is 0 Å². The minimum Gasteiger partial charge on any atom is -0.374 e. The molecule has 1 heteroatoms. The van der Waals surface area contributed by atoms with E-state index >= 15 is 0 Å². The Morgan fingerprint density at radius 2 is 2.14 bits per heavy atom. The zero-order valence-electron chi connectivity index (χ0n) is 9.68. The maximum Gasteiger partial charge on any atom is 0.0648 e. The molecule has 0 amide bonds. The molecule has 3 atom stereocenters. The number of hydrogen-bond donors (Lipinski definition) is 0. The molecule has 0 aliphatic heterocycles. The molecule has 0 N–H and O–H groups in total. The van der Waals surface area contributed by atoms with Gasteiger partial charge in [-0.3, -0.25) is 0 Å². The second-order valence-electron chi connectivity index (χ2n) is 5.72. The van der Waals surface area contributed by atoms with Crippen molar-refractivity contribution in [3.63, 3.8) is 0 Å². The molecule has 0 aromatic heterocycles. The topological polar surface area (TPSA) is 9.23 Å². The Bertz CT molecular complexity index is 244. The van der Waals surface area contributed by atoms with E-state index < -0.39 is 0 Å². The number of ether oxygens (including phenoxy) is 1. The second-order valence-corrected chi connectivity index (χ2v) is 5.72. The van der Waals surface area contributed by atoms with Crippen molar-refractivity contribution >= 4 is 0 Å². The number of rotatable bonds is 3. The molecule has 0 saturated heterocycles. The lowest BCUT2D eigenvalue weighted by Gasteiger charge is -2.38. The van der Waals surface area contributed by atoms with E-state index in [4.69, 9.17) is 4.74 Å². The summed E-state index contributed by atoms with van der Waals surface area (Å²) in [6.07, 6.45) is 6.33. The lowest BCUT2D eigenvalue weighted by molar-refractivity contribution is -0.0351. The lowest BCUT2D eigenvalue weighted by Crippen LogP contribution is -2.37. The van der Waals surface area contributed by atoms with Gasteiger partial charge >= 0.3 is 0 Å². The Kier molecular flexibility index (Phi) is 2.26. The number of fused-ring (bicyclic) bond motifs is 2. The van der Waals surface area contributed by atoms with Crippen LogP contribution >= 0.6 is 0 Å². The summed E-state index contributed by atoms with van der Waals surface area (Å²) in [6.45, 7) is 11.7. The van der Waals surface area contributed by atoms with Gasteiger partial charge in [-0.25, -0.2) is 0 Å². The first-order valence-electron chi connectivity index (χ1n) is 5.75. The molecule has 80 valence electrons. The molecule has 2 fully saturated rings. The Morgan fingerprint density at radius 1 is 1.43 bits per heavy atom. The van der Waals surface area contributed by atoms with E-state index in [1.54, 1.807) is 0 Å². The average molecular weight is 194 g/mol. The average Bonchev–Trinajstić information content (AvgIpc) is 2.46. The maximum absolute atomic E-state index is 5.91. The van der Waals surface area contributed by atoms with Gasteiger partial charge in [-0.2, -0.15) is 0 Å². The molecule has 2 aliphatic rings. The van der Waals surface area contributed by atoms with Crippen LogP contribution in [0.25, 0.3) is 0 Å². The van der Waals surface area contributed by atoms with Crippen molar-refractivity contribution in [2.75, 3.05) is 6.61 Å². The first-order chi connectivity index (χ1) is 6.52. The quantitative estimate of drug-likeness (QED) is 0.626. The Labute approximate surface area is 87.5 Å². The predicted octanol–water partition coefficient (Wildman–Crippen LogP) is 3.40. The van der Waals surface area contributed by atoms with Crippen molar-refractivity contribution in [1.82, 2.24) is 0 Å². The van der Waals surface area contributed by atoms with Crippen LogP contribution in [-0.4, -0.2) is 12.7 Å². The summed E-state index contributed by atoms with van der Waals surface area (Å²) >= 11 is 0. The standard InChI is InChI=1S/C13H22O/c1-5-8-14-11-9-10-6-7-13(11,4)12(10,2)3/h5,10-11H,1,6-9H2,2-4H3. The monoisotopic (exact) mass is 194 g/mol. The van der Waals surface area contributed by atoms with Gasteiger partial charge in [0.05, 0.1) is 12.7 Å². The van der Waals surface area contributed by atoms with Crippen LogP contribution in [0.5, 0.6) is 0 Å². The third-order valence-electron chi connectivity index (χ3n) is 5.13. The third-order valence-corrected chi connectivity index (χ3v) is 5.13. The molecule has 0 spiro atoms. The molecule has 14 heavy (non-hydrogen) atoms. The summed E-state index contributed by atoms with van der Waals surface area (Å²) in [6, 6.07) is 0. The highest BCUT2D eigenvalue weighted by molar-refractivity contribution is 5.11. The molecular formula is C13H22O. The van der Waals surface area contributed by atoms with Crippen molar-refractivity contribution in [2.24, 2.45) is 16.7 Å². The Hall–Kier alpha value is -0.300. The van der Waals surface area contributed by atoms with Gasteiger partial charge in [0, 0.05) is 0 Å². The van der Waals surface area contributed by atoms with Gasteiger partial charge in [0.1, 0.15) is 0 Å². The van der Waals surface area contributed by atoms with Gasteiger partial charge < -0.3 is 4.74 Å². The van der Waals surface area contributed by atoms with Gasteiger partial charge in [0.15, 0.2) is 0 Å². The molecule has 0 radical (unpaired) electrons. The second kappa shape index (κ2) is 3.10. The predicted molar refractivity (Wildman–Crippen MR) is 59.2 cm³/mol. The van der Waals surface area contributed by atoms with Gasteiger partial charge in [-0.15, -0.1) is 6.58 Å². The van der Waals surface area contributed by atoms with E-state index in [0.29, 0.717) is 23.5 Å². The van der Waals surface area contributed by atoms with Crippen molar-refractivity contribution in [3.05, 3.63) is 12.7 Å². The molecule has 2 aliphatic carbocycles. The van der Waals surface area contributed by atoms with Crippen molar-refractivity contribution in [1.29, 1.82) is 0 Å². The molecule has 0 heterocycles. The van der Waals surface area contributed by atoms with Crippen LogP contribution in [0.3, 0.4) is 0 Å². The fourth-order valence-electron chi connectivity index (χ4n) is 3.57. The number of hydrogen-bond acceptors (Lipinski definition) is 1. The van der Waals surface area contributed by atoms with Crippen LogP contribution in [-0.2, 0) is 4.74 Å². The van der Waals surface area contributed by atoms with E-state index in [-0.39, 0.29) is 0 Å². The molecule has 2 saturated carbocycles. The minimum atomic E-state index is 0.403. The Balaban J connectivity index is 2.14. The summed E-state index contributed by atoms with van der Waals surface area (Å²) in [7, 11) is 0. The summed E-state index contributed by atoms with van der Waals surface area (Å²) < 4.78 is 5.91. The first kappa shape index (κ1) is 10.2. The van der Waals surface area contributed by atoms with E-state index in [0.717, 1.165) is 5.92 Å². The fraction of sp³-hybridized carbons (Fsp3) is 0.846. The zero-order chi connectivity index (χ0) is 10.4. The van der Waals surface area contributed by atoms with E-state index in [9.17, 15) is 0 Å². The van der Waals surface area contributed by atoms with Crippen LogP contribution in [0.4, 0.5) is 0 Å². The fourth-order valence-corrected chi connectivity index (χ4v) is 3.57. The highest BCUT2D eigenvalue weighted by Crippen LogP contribution is 2.66. The normalized spacial score (nSPS) is 44.2. The largest absolute Gasteiger partial charge is 0.374 e. The Morgan fingerprint density at radius 3 is 2.57 bits per heavy atom. The molecule has 3 unspecified atom stereocenters. The summed E-state index contributed by atoms with van der Waals surface area (Å²) in [4.78, 5) is 0. The molecule has 2 rings (SSSR count). The van der Waals surface area contributed by atoms with Crippen LogP contribution in [0.15, 0.2) is 12.7 Å². The molecule has 0 aromatic rings. The SMILES string of the molecule is C=CCOC1CC2CCC1(C)C2(C)C. The third kappa shape index (κ3) is 1.11. The zero-order valence-corrected chi connectivity index (χ0v) is 9.68. The smallest absolute Gasteiger partial charge is 0.0648 e. The van der Waals surface area contributed by atoms with E-state index in [1.807, 2.05) is 6.08 Å². The van der Waals surface area contributed by atoms with Crippen LogP contribution in [0.2, 0.25) is 0 Å². The molecule has 1 nitrogen and oxygen atoms in total. The highest BCUT2D eigenvalue weighted by Gasteiger charge is 2.61. The van der Waals surface area contributed by atoms with Gasteiger partial charge in [0.2, 0.25) is 0 Å². The van der Waals surface area contributed by atoms with Gasteiger partial charge in [0.25, 0.3) is 0 Å². The summed E-state index contributed by atoms with van der Waals surface area (Å²) in [5.74, 6) is 0.877. The minimum absolute atomic E-state index is 0.403. The summed E-state index contributed by atoms with van der Waals surface area (Å²) in [5, 5.41) is 0. The first-order valence-corrected chi connectivity index (χ1v) is 5.75. The molecular weight excluding hydrogens is 172 g/mol. The van der Waals surface area contributed by atoms with Crippen molar-refractivity contribution < 1.29 is 4.74 Å². The van der Waals surface area contributed by atoms with Crippen LogP contribution in [0, 0.1) is 16.7 Å². The molecule has 2 bridgehead atoms. The highest BCUT2D eigenvalue weighted by atomic mass is 16.5. The van der Waals surface area contributed by atoms with Crippen LogP contribution in [0.1, 0.15) is 40.0 Å².